The Morgan fingerprint density at radius 2 is 1.90 bits per heavy atom. The molecule has 114 valence electrons. The maximum Gasteiger partial charge on any atom is 0.437 e. The van der Waals surface area contributed by atoms with Gasteiger partial charge in [0.05, 0.1) is 12.0 Å². The maximum absolute atomic E-state index is 13.2. The zero-order chi connectivity index (χ0) is 15.8. The van der Waals surface area contributed by atoms with Gasteiger partial charge in [0.25, 0.3) is 0 Å². The minimum absolute atomic E-state index is 0.360. The van der Waals surface area contributed by atoms with Gasteiger partial charge < -0.3 is 15.7 Å². The standard InChI is InChI=1S/C13H13F3N2O2S/c1-7(19)9-10(8-5-3-2-4-6-8)17-11(21)18-12(9,20)13(14,15)16/h2-6,9-10,20H,1H3,(H2,17,18,21)/t9-,10-,12-/m1/s1. The van der Waals surface area contributed by atoms with Crippen LogP contribution >= 0.6 is 12.2 Å². The molecule has 8 heteroatoms. The molecule has 1 aromatic rings. The molecule has 0 saturated carbocycles. The van der Waals surface area contributed by atoms with Crippen molar-refractivity contribution >= 4 is 23.1 Å². The molecule has 0 bridgehead atoms. The molecule has 1 aliphatic rings. The lowest BCUT2D eigenvalue weighted by atomic mass is 9.80. The lowest BCUT2D eigenvalue weighted by molar-refractivity contribution is -0.288. The number of halogens is 3. The smallest absolute Gasteiger partial charge is 0.363 e. The van der Waals surface area contributed by atoms with Crippen molar-refractivity contribution in [1.29, 1.82) is 0 Å². The second kappa shape index (κ2) is 5.27. The Morgan fingerprint density at radius 1 is 1.33 bits per heavy atom. The zero-order valence-electron chi connectivity index (χ0n) is 10.9. The lowest BCUT2D eigenvalue weighted by Gasteiger charge is -2.46. The predicted molar refractivity (Wildman–Crippen MR) is 73.2 cm³/mol. The van der Waals surface area contributed by atoms with Crippen LogP contribution < -0.4 is 10.6 Å². The lowest BCUT2D eigenvalue weighted by Crippen LogP contribution is -2.72. The van der Waals surface area contributed by atoms with Crippen molar-refractivity contribution in [2.45, 2.75) is 24.9 Å². The summed E-state index contributed by atoms with van der Waals surface area (Å²) in [4.78, 5) is 11.8. The fourth-order valence-electron chi connectivity index (χ4n) is 2.46. The second-order valence-electron chi connectivity index (χ2n) is 4.84. The Kier molecular flexibility index (Phi) is 3.94. The first-order valence-corrected chi connectivity index (χ1v) is 6.51. The molecular weight excluding hydrogens is 305 g/mol. The minimum atomic E-state index is -5.05. The summed E-state index contributed by atoms with van der Waals surface area (Å²) in [6.45, 7) is 1.01. The third-order valence-corrected chi connectivity index (χ3v) is 3.62. The molecule has 1 aliphatic heterocycles. The van der Waals surface area contributed by atoms with Crippen molar-refractivity contribution in [1.82, 2.24) is 10.6 Å². The summed E-state index contributed by atoms with van der Waals surface area (Å²) in [6.07, 6.45) is -5.05. The molecule has 0 radical (unpaired) electrons. The van der Waals surface area contributed by atoms with Crippen molar-refractivity contribution in [3.05, 3.63) is 35.9 Å². The Labute approximate surface area is 124 Å². The molecule has 0 amide bonds. The van der Waals surface area contributed by atoms with Crippen LogP contribution in [0.1, 0.15) is 18.5 Å². The Bertz CT molecular complexity index is 564. The summed E-state index contributed by atoms with van der Waals surface area (Å²) in [7, 11) is 0. The summed E-state index contributed by atoms with van der Waals surface area (Å²) in [5.74, 6) is -2.56. The Hall–Kier alpha value is -1.67. The molecule has 21 heavy (non-hydrogen) atoms. The van der Waals surface area contributed by atoms with Crippen LogP contribution in [-0.2, 0) is 4.79 Å². The van der Waals surface area contributed by atoms with E-state index in [9.17, 15) is 23.1 Å². The van der Waals surface area contributed by atoms with Crippen LogP contribution in [0.4, 0.5) is 13.2 Å². The SMILES string of the molecule is CC(=O)[C@@H]1[C@@H](c2ccccc2)NC(=S)N[C@]1(O)C(F)(F)F. The van der Waals surface area contributed by atoms with Gasteiger partial charge in [0.2, 0.25) is 5.72 Å². The summed E-state index contributed by atoms with van der Waals surface area (Å²) in [5.41, 5.74) is -2.97. The molecule has 1 heterocycles. The number of carbonyl (C=O) groups is 1. The van der Waals surface area contributed by atoms with Gasteiger partial charge in [-0.3, -0.25) is 4.79 Å². The van der Waals surface area contributed by atoms with E-state index >= 15 is 0 Å². The van der Waals surface area contributed by atoms with Gasteiger partial charge in [0, 0.05) is 0 Å². The van der Waals surface area contributed by atoms with Gasteiger partial charge in [-0.15, -0.1) is 0 Å². The van der Waals surface area contributed by atoms with Crippen molar-refractivity contribution in [3.63, 3.8) is 0 Å². The summed E-state index contributed by atoms with van der Waals surface area (Å²) < 4.78 is 39.7. The number of hydrogen-bond donors (Lipinski definition) is 3. The highest BCUT2D eigenvalue weighted by molar-refractivity contribution is 7.80. The number of benzene rings is 1. The van der Waals surface area contributed by atoms with Crippen LogP contribution in [0.5, 0.6) is 0 Å². The maximum atomic E-state index is 13.2. The molecule has 1 saturated heterocycles. The monoisotopic (exact) mass is 318 g/mol. The van der Waals surface area contributed by atoms with Crippen molar-refractivity contribution < 1.29 is 23.1 Å². The van der Waals surface area contributed by atoms with Gasteiger partial charge in [-0.2, -0.15) is 13.2 Å². The number of carbonyl (C=O) groups excluding carboxylic acids is 1. The van der Waals surface area contributed by atoms with E-state index in [1.165, 1.54) is 0 Å². The van der Waals surface area contributed by atoms with Gasteiger partial charge in [-0.05, 0) is 24.7 Å². The van der Waals surface area contributed by atoms with Gasteiger partial charge >= 0.3 is 6.18 Å². The number of Topliss-reactive ketones (excluding diaryl/α,β-unsaturated/α-hetero) is 1. The quantitative estimate of drug-likeness (QED) is 0.724. The summed E-state index contributed by atoms with van der Waals surface area (Å²) in [5, 5.41) is 14.1. The first-order chi connectivity index (χ1) is 9.67. The van der Waals surface area contributed by atoms with Crippen LogP contribution in [0.25, 0.3) is 0 Å². The average Bonchev–Trinajstić information content (AvgIpc) is 2.37. The minimum Gasteiger partial charge on any atom is -0.363 e. The van der Waals surface area contributed by atoms with Crippen LogP contribution in [0.3, 0.4) is 0 Å². The summed E-state index contributed by atoms with van der Waals surface area (Å²) in [6, 6.07) is 7.03. The summed E-state index contributed by atoms with van der Waals surface area (Å²) >= 11 is 4.75. The molecule has 3 atom stereocenters. The zero-order valence-corrected chi connectivity index (χ0v) is 11.8. The highest BCUT2D eigenvalue weighted by atomic mass is 32.1. The van der Waals surface area contributed by atoms with E-state index in [1.807, 2.05) is 0 Å². The fourth-order valence-corrected chi connectivity index (χ4v) is 2.75. The molecule has 3 N–H and O–H groups in total. The molecular formula is C13H13F3N2O2S. The molecule has 1 fully saturated rings. The Balaban J connectivity index is 2.54. The highest BCUT2D eigenvalue weighted by Crippen LogP contribution is 2.42. The predicted octanol–water partition coefficient (Wildman–Crippen LogP) is 1.66. The van der Waals surface area contributed by atoms with Gasteiger partial charge in [0.1, 0.15) is 5.78 Å². The largest absolute Gasteiger partial charge is 0.437 e. The number of hydrogen-bond acceptors (Lipinski definition) is 3. The molecule has 4 nitrogen and oxygen atoms in total. The molecule has 0 aliphatic carbocycles. The van der Waals surface area contributed by atoms with E-state index in [2.05, 4.69) is 5.32 Å². The molecule has 1 aromatic carbocycles. The van der Waals surface area contributed by atoms with Crippen LogP contribution in [0.15, 0.2) is 30.3 Å². The second-order valence-corrected chi connectivity index (χ2v) is 5.25. The fraction of sp³-hybridized carbons (Fsp3) is 0.385. The van der Waals surface area contributed by atoms with E-state index in [4.69, 9.17) is 12.2 Å². The number of aliphatic hydroxyl groups is 1. The van der Waals surface area contributed by atoms with Crippen LogP contribution in [0.2, 0.25) is 0 Å². The first-order valence-electron chi connectivity index (χ1n) is 6.10. The van der Waals surface area contributed by atoms with E-state index in [0.29, 0.717) is 5.56 Å². The van der Waals surface area contributed by atoms with Gasteiger partial charge in [-0.25, -0.2) is 0 Å². The highest BCUT2D eigenvalue weighted by Gasteiger charge is 2.64. The van der Waals surface area contributed by atoms with E-state index in [0.717, 1.165) is 6.92 Å². The molecule has 2 rings (SSSR count). The third kappa shape index (κ3) is 2.73. The molecule has 0 unspecified atom stereocenters. The third-order valence-electron chi connectivity index (χ3n) is 3.40. The number of rotatable bonds is 2. The number of thiocarbonyl (C=S) groups is 1. The average molecular weight is 318 g/mol. The first kappa shape index (κ1) is 15.7. The van der Waals surface area contributed by atoms with Crippen molar-refractivity contribution in [2.24, 2.45) is 5.92 Å². The van der Waals surface area contributed by atoms with E-state index < -0.39 is 29.6 Å². The van der Waals surface area contributed by atoms with Gasteiger partial charge in [-0.1, -0.05) is 30.3 Å². The molecule has 0 spiro atoms. The molecule has 0 aromatic heterocycles. The topological polar surface area (TPSA) is 61.4 Å². The number of nitrogens with one attached hydrogen (secondary N) is 2. The number of alkyl halides is 3. The van der Waals surface area contributed by atoms with E-state index in [1.54, 1.807) is 35.6 Å². The van der Waals surface area contributed by atoms with Crippen molar-refractivity contribution in [2.75, 3.05) is 0 Å². The van der Waals surface area contributed by atoms with Gasteiger partial charge in [0.15, 0.2) is 5.11 Å². The normalized spacial score (nSPS) is 29.5. The van der Waals surface area contributed by atoms with Crippen LogP contribution in [0, 0.1) is 5.92 Å². The van der Waals surface area contributed by atoms with E-state index in [-0.39, 0.29) is 5.11 Å². The van der Waals surface area contributed by atoms with Crippen LogP contribution in [-0.4, -0.2) is 27.9 Å². The number of ketones is 1. The van der Waals surface area contributed by atoms with Crippen molar-refractivity contribution in [3.8, 4) is 0 Å². The Morgan fingerprint density at radius 3 is 2.38 bits per heavy atom.